The highest BCUT2D eigenvalue weighted by Gasteiger charge is 2.19. The second-order valence-electron chi connectivity index (χ2n) is 5.74. The highest BCUT2D eigenvalue weighted by atomic mass is 32.2. The zero-order chi connectivity index (χ0) is 24.6. The van der Waals surface area contributed by atoms with Crippen LogP contribution in [0.3, 0.4) is 0 Å². The fourth-order valence-electron chi connectivity index (χ4n) is 2.16. The summed E-state index contributed by atoms with van der Waals surface area (Å²) in [7, 11) is -4.78. The number of aromatic carboxylic acids is 1. The van der Waals surface area contributed by atoms with Crippen LogP contribution in [0, 0.1) is 0 Å². The van der Waals surface area contributed by atoms with Crippen LogP contribution in [-0.4, -0.2) is 45.9 Å². The van der Waals surface area contributed by atoms with E-state index in [1.807, 2.05) is 0 Å². The molecule has 0 spiro atoms. The monoisotopic (exact) mass is 524 g/mol. The molecule has 0 aliphatic heterocycles. The van der Waals surface area contributed by atoms with E-state index in [1.165, 1.54) is 12.1 Å². The molecule has 7 N–H and O–H groups in total. The van der Waals surface area contributed by atoms with Crippen molar-refractivity contribution in [3.05, 3.63) is 35.9 Å². The van der Waals surface area contributed by atoms with E-state index in [1.54, 1.807) is 0 Å². The van der Waals surface area contributed by atoms with Crippen molar-refractivity contribution in [1.82, 2.24) is 0 Å². The SMILES string of the molecule is Nc1cc(N)c(N=Nc2ccc(SOOCCS(=O)OOO)cc2S(=O)(=O)O)c(C(=O)O)c1. The Balaban J connectivity index is 2.21. The first kappa shape index (κ1) is 26.6. The number of carboxylic acid groups (broad SMARTS) is 1. The lowest BCUT2D eigenvalue weighted by Crippen LogP contribution is -2.07. The van der Waals surface area contributed by atoms with Gasteiger partial charge in [-0.15, -0.1) is 14.6 Å². The normalized spacial score (nSPS) is 12.8. The third-order valence-corrected chi connectivity index (χ3v) is 5.68. The molecule has 0 aliphatic carbocycles. The van der Waals surface area contributed by atoms with E-state index in [2.05, 4.69) is 19.6 Å². The predicted octanol–water partition coefficient (Wildman–Crippen LogP) is 2.25. The quantitative estimate of drug-likeness (QED) is 0.0508. The molecule has 15 nitrogen and oxygen atoms in total. The van der Waals surface area contributed by atoms with Crippen molar-refractivity contribution in [1.29, 1.82) is 0 Å². The van der Waals surface area contributed by atoms with Gasteiger partial charge < -0.3 is 16.6 Å². The van der Waals surface area contributed by atoms with E-state index >= 15 is 0 Å². The van der Waals surface area contributed by atoms with Gasteiger partial charge in [-0.05, 0) is 30.3 Å². The molecule has 180 valence electrons. The van der Waals surface area contributed by atoms with Gasteiger partial charge in [0.05, 0.1) is 35.7 Å². The smallest absolute Gasteiger partial charge is 0.338 e. The zero-order valence-corrected chi connectivity index (χ0v) is 18.6. The molecule has 0 aromatic heterocycles. The Bertz CT molecular complexity index is 1170. The molecule has 0 saturated carbocycles. The van der Waals surface area contributed by atoms with Gasteiger partial charge in [0.2, 0.25) is 0 Å². The number of nitrogen functional groups attached to an aromatic ring is 2. The minimum absolute atomic E-state index is 0.0755. The van der Waals surface area contributed by atoms with Crippen molar-refractivity contribution in [3.63, 3.8) is 0 Å². The summed E-state index contributed by atoms with van der Waals surface area (Å²) in [6.07, 6.45) is 0. The zero-order valence-electron chi connectivity index (χ0n) is 16.2. The van der Waals surface area contributed by atoms with Crippen LogP contribution in [0.2, 0.25) is 0 Å². The Labute approximate surface area is 192 Å². The van der Waals surface area contributed by atoms with Gasteiger partial charge in [0, 0.05) is 10.6 Å². The number of anilines is 2. The first-order valence-corrected chi connectivity index (χ1v) is 11.7. The summed E-state index contributed by atoms with van der Waals surface area (Å²) in [6.45, 7) is -0.241. The maximum Gasteiger partial charge on any atom is 0.338 e. The number of benzene rings is 2. The van der Waals surface area contributed by atoms with E-state index in [0.29, 0.717) is 12.0 Å². The van der Waals surface area contributed by atoms with Crippen molar-refractivity contribution >= 4 is 62.0 Å². The number of nitrogens with two attached hydrogens (primary N) is 2. The summed E-state index contributed by atoms with van der Waals surface area (Å²) in [4.78, 5) is 15.6. The molecular weight excluding hydrogens is 508 g/mol. The third-order valence-electron chi connectivity index (χ3n) is 3.48. The van der Waals surface area contributed by atoms with Gasteiger partial charge in [-0.3, -0.25) is 4.55 Å². The predicted molar refractivity (Wildman–Crippen MR) is 113 cm³/mol. The van der Waals surface area contributed by atoms with E-state index in [0.717, 1.165) is 18.2 Å². The van der Waals surface area contributed by atoms with Crippen LogP contribution in [0.25, 0.3) is 0 Å². The molecule has 2 aromatic carbocycles. The molecule has 0 saturated heterocycles. The number of carbonyl (C=O) groups is 1. The molecule has 0 heterocycles. The van der Waals surface area contributed by atoms with Gasteiger partial charge in [-0.25, -0.2) is 19.1 Å². The van der Waals surface area contributed by atoms with Crippen molar-refractivity contribution in [3.8, 4) is 0 Å². The molecule has 0 radical (unpaired) electrons. The van der Waals surface area contributed by atoms with E-state index in [4.69, 9.17) is 25.9 Å². The Morgan fingerprint density at radius 3 is 2.55 bits per heavy atom. The minimum atomic E-state index is -4.78. The highest BCUT2D eigenvalue weighted by molar-refractivity contribution is 7.94. The van der Waals surface area contributed by atoms with E-state index in [9.17, 15) is 27.1 Å². The number of azo groups is 1. The Morgan fingerprint density at radius 2 is 1.91 bits per heavy atom. The van der Waals surface area contributed by atoms with Crippen LogP contribution in [-0.2, 0) is 39.8 Å². The summed E-state index contributed by atoms with van der Waals surface area (Å²) in [5.74, 6) is -1.61. The number of rotatable bonds is 12. The molecule has 1 unspecified atom stereocenters. The topological polar surface area (TPSA) is 243 Å². The molecular formula is C15H16N4O11S3. The van der Waals surface area contributed by atoms with Gasteiger partial charge in [-0.2, -0.15) is 12.8 Å². The van der Waals surface area contributed by atoms with Crippen LogP contribution in [0.5, 0.6) is 0 Å². The standard InChI is InChI=1S/C15H16N4O11S3/c16-8-5-10(15(20)21)14(11(17)6-8)19-18-12-2-1-9(7-13(12)33(24,25)26)31-29-27-3-4-32(23)30-28-22/h1-2,5-7,22H,3-4,16-17H2,(H,20,21)(H,24,25,26). The van der Waals surface area contributed by atoms with Crippen LogP contribution >= 0.6 is 12.0 Å². The molecule has 2 rings (SSSR count). The van der Waals surface area contributed by atoms with Gasteiger partial charge in [0.15, 0.2) is 11.1 Å². The van der Waals surface area contributed by atoms with Crippen molar-refractivity contribution in [2.45, 2.75) is 9.79 Å². The first-order chi connectivity index (χ1) is 15.5. The summed E-state index contributed by atoms with van der Waals surface area (Å²) in [5.41, 5.74) is 10.3. The number of hydrogen-bond donors (Lipinski definition) is 5. The molecule has 0 aliphatic rings. The van der Waals surface area contributed by atoms with E-state index < -0.39 is 32.1 Å². The van der Waals surface area contributed by atoms with Crippen molar-refractivity contribution < 1.29 is 50.9 Å². The lowest BCUT2D eigenvalue weighted by Gasteiger charge is -2.07. The largest absolute Gasteiger partial charge is 0.478 e. The van der Waals surface area contributed by atoms with Gasteiger partial charge in [0.25, 0.3) is 10.1 Å². The van der Waals surface area contributed by atoms with Crippen molar-refractivity contribution in [2.24, 2.45) is 10.2 Å². The summed E-state index contributed by atoms with van der Waals surface area (Å²) >= 11 is -1.44. The third kappa shape index (κ3) is 7.99. The average molecular weight is 525 g/mol. The molecule has 33 heavy (non-hydrogen) atoms. The number of nitrogens with zero attached hydrogens (tertiary/aromatic N) is 2. The average Bonchev–Trinajstić information content (AvgIpc) is 2.72. The second-order valence-corrected chi connectivity index (χ2v) is 9.06. The lowest BCUT2D eigenvalue weighted by atomic mass is 10.1. The van der Waals surface area contributed by atoms with Crippen LogP contribution in [0.1, 0.15) is 10.4 Å². The van der Waals surface area contributed by atoms with Crippen LogP contribution in [0.4, 0.5) is 22.7 Å². The summed E-state index contributed by atoms with van der Waals surface area (Å²) in [6, 6.07) is 5.84. The van der Waals surface area contributed by atoms with E-state index in [-0.39, 0.29) is 45.6 Å². The Kier molecular flexibility index (Phi) is 9.64. The van der Waals surface area contributed by atoms with Crippen LogP contribution < -0.4 is 11.5 Å². The molecule has 2 aromatic rings. The van der Waals surface area contributed by atoms with Gasteiger partial charge >= 0.3 is 5.97 Å². The lowest BCUT2D eigenvalue weighted by molar-refractivity contribution is -0.435. The van der Waals surface area contributed by atoms with Gasteiger partial charge in [-0.1, -0.05) is 5.04 Å². The molecule has 18 heteroatoms. The Morgan fingerprint density at radius 1 is 1.18 bits per heavy atom. The molecule has 0 fully saturated rings. The summed E-state index contributed by atoms with van der Waals surface area (Å²) in [5, 5.41) is 27.9. The van der Waals surface area contributed by atoms with Crippen molar-refractivity contribution in [2.75, 3.05) is 23.8 Å². The maximum atomic E-state index is 11.8. The van der Waals surface area contributed by atoms with Gasteiger partial charge in [0.1, 0.15) is 16.3 Å². The molecule has 0 bridgehead atoms. The summed E-state index contributed by atoms with van der Waals surface area (Å²) < 4.78 is 52.7. The molecule has 0 amide bonds. The fourth-order valence-corrected chi connectivity index (χ4v) is 3.71. The fraction of sp³-hybridized carbons (Fsp3) is 0.133. The highest BCUT2D eigenvalue weighted by Crippen LogP contribution is 2.34. The molecule has 1 atom stereocenters. The number of hydrogen-bond acceptors (Lipinski definition) is 14. The maximum absolute atomic E-state index is 11.8. The first-order valence-electron chi connectivity index (χ1n) is 8.31. The number of carboxylic acids is 1. The minimum Gasteiger partial charge on any atom is -0.478 e. The Hall–Kier alpha value is -2.68. The second kappa shape index (κ2) is 12.0. The van der Waals surface area contributed by atoms with Crippen LogP contribution in [0.15, 0.2) is 50.4 Å².